The Labute approximate surface area is 179 Å². The number of sulfonamides is 1. The predicted octanol–water partition coefficient (Wildman–Crippen LogP) is 4.12. The van der Waals surface area contributed by atoms with Crippen molar-refractivity contribution < 1.29 is 17.9 Å². The van der Waals surface area contributed by atoms with Crippen molar-refractivity contribution in [2.24, 2.45) is 0 Å². The molecule has 1 aliphatic carbocycles. The number of benzene rings is 2. The van der Waals surface area contributed by atoms with E-state index in [1.807, 2.05) is 18.2 Å². The van der Waals surface area contributed by atoms with Gasteiger partial charge in [0.15, 0.2) is 5.13 Å². The van der Waals surface area contributed by atoms with Gasteiger partial charge in [-0.2, -0.15) is 4.31 Å². The number of anilines is 1. The lowest BCUT2D eigenvalue weighted by molar-refractivity contribution is 0.102. The highest BCUT2D eigenvalue weighted by atomic mass is 32.2. The van der Waals surface area contributed by atoms with Crippen LogP contribution in [0.15, 0.2) is 47.4 Å². The maximum Gasteiger partial charge on any atom is 0.257 e. The molecular weight excluding hydrogens is 422 g/mol. The van der Waals surface area contributed by atoms with E-state index in [9.17, 15) is 13.2 Å². The molecule has 1 fully saturated rings. The van der Waals surface area contributed by atoms with E-state index in [1.165, 1.54) is 39.9 Å². The fourth-order valence-corrected chi connectivity index (χ4v) is 5.97. The first-order valence-corrected chi connectivity index (χ1v) is 12.0. The van der Waals surface area contributed by atoms with E-state index < -0.39 is 10.0 Å². The summed E-state index contributed by atoms with van der Waals surface area (Å²) in [4.78, 5) is 17.2. The van der Waals surface area contributed by atoms with Crippen LogP contribution in [0.4, 0.5) is 5.13 Å². The van der Waals surface area contributed by atoms with Crippen molar-refractivity contribution in [3.63, 3.8) is 0 Å². The molecular formula is C21H23N3O4S2. The van der Waals surface area contributed by atoms with E-state index in [-0.39, 0.29) is 16.8 Å². The number of methoxy groups -OCH3 is 1. The Hall–Kier alpha value is -2.49. The van der Waals surface area contributed by atoms with Crippen molar-refractivity contribution in [2.75, 3.05) is 19.5 Å². The van der Waals surface area contributed by atoms with Crippen LogP contribution in [-0.4, -0.2) is 43.8 Å². The minimum atomic E-state index is -3.57. The maximum absolute atomic E-state index is 12.8. The summed E-state index contributed by atoms with van der Waals surface area (Å²) < 4.78 is 33.3. The number of aromatic nitrogens is 1. The summed E-state index contributed by atoms with van der Waals surface area (Å²) in [5, 5.41) is 3.25. The van der Waals surface area contributed by atoms with Crippen LogP contribution < -0.4 is 10.1 Å². The standard InChI is InChI=1S/C21H23N3O4S2/c1-24(15-5-3-4-6-15)30(26,27)17-10-7-14(8-11-17)20(25)23-21-22-18-12-9-16(28-2)13-19(18)29-21/h7-13,15H,3-6H2,1-2H3,(H,22,23,25). The Morgan fingerprint density at radius 3 is 2.53 bits per heavy atom. The van der Waals surface area contributed by atoms with Crippen LogP contribution in [0.2, 0.25) is 0 Å². The highest BCUT2D eigenvalue weighted by Gasteiger charge is 2.30. The molecule has 1 saturated carbocycles. The first kappa shape index (κ1) is 20.8. The summed E-state index contributed by atoms with van der Waals surface area (Å²) in [5.41, 5.74) is 1.14. The molecule has 1 aliphatic rings. The molecule has 3 aromatic rings. The second-order valence-electron chi connectivity index (χ2n) is 7.29. The van der Waals surface area contributed by atoms with Gasteiger partial charge in [-0.1, -0.05) is 24.2 Å². The van der Waals surface area contributed by atoms with E-state index >= 15 is 0 Å². The van der Waals surface area contributed by atoms with Crippen LogP contribution in [0.3, 0.4) is 0 Å². The zero-order valence-electron chi connectivity index (χ0n) is 16.8. The molecule has 0 unspecified atom stereocenters. The van der Waals surface area contributed by atoms with Crippen molar-refractivity contribution in [3.8, 4) is 5.75 Å². The molecule has 0 spiro atoms. The van der Waals surface area contributed by atoms with Crippen molar-refractivity contribution >= 4 is 42.6 Å². The van der Waals surface area contributed by atoms with Gasteiger partial charge in [-0.25, -0.2) is 13.4 Å². The third-order valence-corrected chi connectivity index (χ3v) is 8.31. The van der Waals surface area contributed by atoms with Crippen molar-refractivity contribution in [3.05, 3.63) is 48.0 Å². The van der Waals surface area contributed by atoms with Crippen molar-refractivity contribution in [1.29, 1.82) is 0 Å². The van der Waals surface area contributed by atoms with Gasteiger partial charge in [-0.05, 0) is 55.3 Å². The summed E-state index contributed by atoms with van der Waals surface area (Å²) in [6.45, 7) is 0. The normalized spacial score (nSPS) is 15.0. The van der Waals surface area contributed by atoms with Crippen molar-refractivity contribution in [2.45, 2.75) is 36.6 Å². The second-order valence-corrected chi connectivity index (χ2v) is 10.3. The minimum Gasteiger partial charge on any atom is -0.497 e. The van der Waals surface area contributed by atoms with Gasteiger partial charge in [0.1, 0.15) is 5.75 Å². The molecule has 30 heavy (non-hydrogen) atoms. The average Bonchev–Trinajstić information content (AvgIpc) is 3.42. The highest BCUT2D eigenvalue weighted by Crippen LogP contribution is 2.30. The Balaban J connectivity index is 1.49. The van der Waals surface area contributed by atoms with Gasteiger partial charge >= 0.3 is 0 Å². The van der Waals surface area contributed by atoms with Crippen LogP contribution in [0.5, 0.6) is 5.75 Å². The Bertz CT molecular complexity index is 1170. The number of thiazole rings is 1. The van der Waals surface area contributed by atoms with Crippen LogP contribution in [0, 0.1) is 0 Å². The molecule has 0 atom stereocenters. The molecule has 7 nitrogen and oxygen atoms in total. The Kier molecular flexibility index (Phi) is 5.77. The summed E-state index contributed by atoms with van der Waals surface area (Å²) in [6.07, 6.45) is 3.90. The minimum absolute atomic E-state index is 0.0515. The van der Waals surface area contributed by atoms with Gasteiger partial charge in [0, 0.05) is 18.7 Å². The summed E-state index contributed by atoms with van der Waals surface area (Å²) in [5.74, 6) is 0.387. The zero-order valence-corrected chi connectivity index (χ0v) is 18.4. The molecule has 0 bridgehead atoms. The average molecular weight is 446 g/mol. The second kappa shape index (κ2) is 8.33. The van der Waals surface area contributed by atoms with E-state index in [1.54, 1.807) is 14.2 Å². The van der Waals surface area contributed by atoms with Gasteiger partial charge in [-0.15, -0.1) is 0 Å². The topological polar surface area (TPSA) is 88.6 Å². The largest absolute Gasteiger partial charge is 0.497 e. The number of hydrogen-bond donors (Lipinski definition) is 1. The maximum atomic E-state index is 12.8. The number of rotatable bonds is 6. The van der Waals surface area contributed by atoms with Crippen LogP contribution in [0.25, 0.3) is 10.2 Å². The van der Waals surface area contributed by atoms with Crippen molar-refractivity contribution in [1.82, 2.24) is 9.29 Å². The number of nitrogens with one attached hydrogen (secondary N) is 1. The Morgan fingerprint density at radius 2 is 1.87 bits per heavy atom. The first-order chi connectivity index (χ1) is 14.4. The smallest absolute Gasteiger partial charge is 0.257 e. The Morgan fingerprint density at radius 1 is 1.17 bits per heavy atom. The van der Waals surface area contributed by atoms with Gasteiger partial charge in [0.05, 0.1) is 22.2 Å². The van der Waals surface area contributed by atoms with Crippen LogP contribution >= 0.6 is 11.3 Å². The van der Waals surface area contributed by atoms with E-state index in [2.05, 4.69) is 10.3 Å². The summed E-state index contributed by atoms with van der Waals surface area (Å²) >= 11 is 1.35. The van der Waals surface area contributed by atoms with Gasteiger partial charge < -0.3 is 4.74 Å². The van der Waals surface area contributed by atoms with E-state index in [0.29, 0.717) is 10.7 Å². The molecule has 1 amide bonds. The molecule has 2 aromatic carbocycles. The van der Waals surface area contributed by atoms with Gasteiger partial charge in [-0.3, -0.25) is 10.1 Å². The summed E-state index contributed by atoms with van der Waals surface area (Å²) in [6, 6.07) is 11.6. The number of ether oxygens (including phenoxy) is 1. The SMILES string of the molecule is COc1ccc2nc(NC(=O)c3ccc(S(=O)(=O)N(C)C4CCCC4)cc3)sc2c1. The quantitative estimate of drug-likeness (QED) is 0.617. The highest BCUT2D eigenvalue weighted by molar-refractivity contribution is 7.89. The molecule has 158 valence electrons. The van der Waals surface area contributed by atoms with Crippen LogP contribution in [0.1, 0.15) is 36.0 Å². The zero-order chi connectivity index (χ0) is 21.3. The monoisotopic (exact) mass is 445 g/mol. The number of hydrogen-bond acceptors (Lipinski definition) is 6. The molecule has 0 saturated heterocycles. The number of fused-ring (bicyclic) bond motifs is 1. The lowest BCUT2D eigenvalue weighted by atomic mass is 10.2. The first-order valence-electron chi connectivity index (χ1n) is 9.72. The molecule has 4 rings (SSSR count). The predicted molar refractivity (Wildman–Crippen MR) is 118 cm³/mol. The molecule has 1 aromatic heterocycles. The molecule has 1 heterocycles. The number of carbonyl (C=O) groups excluding carboxylic acids is 1. The number of amides is 1. The third kappa shape index (κ3) is 4.05. The molecule has 9 heteroatoms. The molecule has 0 radical (unpaired) electrons. The van der Waals surface area contributed by atoms with Gasteiger partial charge in [0.25, 0.3) is 5.91 Å². The lowest BCUT2D eigenvalue weighted by Crippen LogP contribution is -2.35. The summed E-state index contributed by atoms with van der Waals surface area (Å²) in [7, 11) is -0.338. The van der Waals surface area contributed by atoms with E-state index in [4.69, 9.17) is 4.74 Å². The lowest BCUT2D eigenvalue weighted by Gasteiger charge is -2.23. The van der Waals surface area contributed by atoms with E-state index in [0.717, 1.165) is 41.6 Å². The number of carbonyl (C=O) groups is 1. The third-order valence-electron chi connectivity index (χ3n) is 5.45. The molecule has 0 aliphatic heterocycles. The number of nitrogens with zero attached hydrogens (tertiary/aromatic N) is 2. The fraction of sp³-hybridized carbons (Fsp3) is 0.333. The molecule has 1 N–H and O–H groups in total. The van der Waals surface area contributed by atoms with Crippen LogP contribution in [-0.2, 0) is 10.0 Å². The fourth-order valence-electron chi connectivity index (χ4n) is 3.66. The van der Waals surface area contributed by atoms with Gasteiger partial charge in [0.2, 0.25) is 10.0 Å².